The average molecular weight is 323 g/mol. The quantitative estimate of drug-likeness (QED) is 0.745. The standard InChI is InChI=1S/C15H15BrO3/c1-15(16)8-7-12(17)13-11(15)9-18-14(19-13)10-5-3-2-4-6-10/h2-8,11,13-14H,9H2,1H3. The molecule has 4 unspecified atom stereocenters. The lowest BCUT2D eigenvalue weighted by Gasteiger charge is -2.43. The van der Waals surface area contributed by atoms with Crippen molar-refractivity contribution in [1.82, 2.24) is 0 Å². The Kier molecular flexibility index (Phi) is 3.33. The van der Waals surface area contributed by atoms with Crippen molar-refractivity contribution < 1.29 is 14.3 Å². The number of ether oxygens (including phenoxy) is 2. The number of allylic oxidation sites excluding steroid dienone is 1. The third-order valence-corrected chi connectivity index (χ3v) is 4.57. The van der Waals surface area contributed by atoms with E-state index in [-0.39, 0.29) is 16.0 Å². The average Bonchev–Trinajstić information content (AvgIpc) is 2.44. The summed E-state index contributed by atoms with van der Waals surface area (Å²) in [6.45, 7) is 2.53. The predicted molar refractivity (Wildman–Crippen MR) is 75.0 cm³/mol. The smallest absolute Gasteiger partial charge is 0.184 e. The Bertz CT molecular complexity index is 509. The van der Waals surface area contributed by atoms with Gasteiger partial charge in [0.1, 0.15) is 6.10 Å². The third kappa shape index (κ3) is 2.40. The van der Waals surface area contributed by atoms with Crippen LogP contribution in [0.15, 0.2) is 42.5 Å². The van der Waals surface area contributed by atoms with Crippen LogP contribution in [-0.4, -0.2) is 22.8 Å². The van der Waals surface area contributed by atoms with Gasteiger partial charge in [0.25, 0.3) is 0 Å². The minimum absolute atomic E-state index is 0.00459. The van der Waals surface area contributed by atoms with E-state index in [1.807, 2.05) is 43.3 Å². The molecule has 1 fully saturated rings. The molecule has 0 saturated carbocycles. The molecule has 0 radical (unpaired) electrons. The van der Waals surface area contributed by atoms with Gasteiger partial charge in [-0.05, 0) is 13.0 Å². The molecule has 0 spiro atoms. The molecule has 4 atom stereocenters. The molecule has 0 bridgehead atoms. The fourth-order valence-electron chi connectivity index (χ4n) is 2.52. The summed E-state index contributed by atoms with van der Waals surface area (Å²) >= 11 is 3.64. The lowest BCUT2D eigenvalue weighted by Crippen LogP contribution is -2.51. The van der Waals surface area contributed by atoms with Crippen LogP contribution in [0.4, 0.5) is 0 Å². The maximum atomic E-state index is 12.0. The largest absolute Gasteiger partial charge is 0.348 e. The fraction of sp³-hybridized carbons (Fsp3) is 0.400. The van der Waals surface area contributed by atoms with Crippen LogP contribution in [0.1, 0.15) is 18.8 Å². The van der Waals surface area contributed by atoms with Crippen LogP contribution in [0.5, 0.6) is 0 Å². The SMILES string of the molecule is CC1(Br)C=CC(=O)C2OC(c3ccccc3)OCC21. The van der Waals surface area contributed by atoms with Gasteiger partial charge in [-0.25, -0.2) is 0 Å². The Morgan fingerprint density at radius 2 is 2.05 bits per heavy atom. The minimum Gasteiger partial charge on any atom is -0.348 e. The lowest BCUT2D eigenvalue weighted by molar-refractivity contribution is -0.238. The van der Waals surface area contributed by atoms with Gasteiger partial charge < -0.3 is 9.47 Å². The molecule has 1 saturated heterocycles. The van der Waals surface area contributed by atoms with Gasteiger partial charge in [-0.15, -0.1) is 0 Å². The molecule has 0 amide bonds. The lowest BCUT2D eigenvalue weighted by atomic mass is 9.82. The summed E-state index contributed by atoms with van der Waals surface area (Å²) in [6, 6.07) is 9.71. The van der Waals surface area contributed by atoms with Crippen molar-refractivity contribution in [3.05, 3.63) is 48.0 Å². The Morgan fingerprint density at radius 1 is 1.32 bits per heavy atom. The molecular formula is C15H15BrO3. The maximum absolute atomic E-state index is 12.0. The molecule has 3 nitrogen and oxygen atoms in total. The highest BCUT2D eigenvalue weighted by molar-refractivity contribution is 9.10. The number of halogens is 1. The van der Waals surface area contributed by atoms with Gasteiger partial charge in [0.2, 0.25) is 0 Å². The van der Waals surface area contributed by atoms with Gasteiger partial charge in [-0.2, -0.15) is 0 Å². The first-order valence-electron chi connectivity index (χ1n) is 6.32. The monoisotopic (exact) mass is 322 g/mol. The van der Waals surface area contributed by atoms with Crippen LogP contribution in [0.2, 0.25) is 0 Å². The van der Waals surface area contributed by atoms with Gasteiger partial charge in [0, 0.05) is 15.8 Å². The van der Waals surface area contributed by atoms with Crippen molar-refractivity contribution in [3.63, 3.8) is 0 Å². The number of fused-ring (bicyclic) bond motifs is 1. The minimum atomic E-state index is -0.457. The summed E-state index contributed by atoms with van der Waals surface area (Å²) in [5.41, 5.74) is 0.944. The van der Waals surface area contributed by atoms with Crippen LogP contribution in [0, 0.1) is 5.92 Å². The summed E-state index contributed by atoms with van der Waals surface area (Å²) in [7, 11) is 0. The Balaban J connectivity index is 1.84. The van der Waals surface area contributed by atoms with Gasteiger partial charge in [0.15, 0.2) is 12.1 Å². The summed E-state index contributed by atoms with van der Waals surface area (Å²) in [5.74, 6) is 0.0242. The molecule has 1 aliphatic carbocycles. The second-order valence-corrected chi connectivity index (χ2v) is 6.83. The second-order valence-electron chi connectivity index (χ2n) is 5.13. The zero-order valence-electron chi connectivity index (χ0n) is 10.6. The molecule has 1 aliphatic heterocycles. The topological polar surface area (TPSA) is 35.5 Å². The van der Waals surface area contributed by atoms with Crippen molar-refractivity contribution in [1.29, 1.82) is 0 Å². The summed E-state index contributed by atoms with van der Waals surface area (Å²) < 4.78 is 11.4. The van der Waals surface area contributed by atoms with E-state index < -0.39 is 12.4 Å². The number of rotatable bonds is 1. The van der Waals surface area contributed by atoms with Crippen LogP contribution in [0.25, 0.3) is 0 Å². The number of ketones is 1. The van der Waals surface area contributed by atoms with Crippen molar-refractivity contribution in [2.24, 2.45) is 5.92 Å². The number of carbonyl (C=O) groups excluding carboxylic acids is 1. The Morgan fingerprint density at radius 3 is 2.79 bits per heavy atom. The van der Waals surface area contributed by atoms with E-state index in [1.165, 1.54) is 0 Å². The zero-order valence-corrected chi connectivity index (χ0v) is 12.2. The van der Waals surface area contributed by atoms with Crippen LogP contribution < -0.4 is 0 Å². The zero-order chi connectivity index (χ0) is 13.5. The van der Waals surface area contributed by atoms with Gasteiger partial charge in [-0.1, -0.05) is 52.3 Å². The van der Waals surface area contributed by atoms with Crippen LogP contribution >= 0.6 is 15.9 Å². The molecule has 3 rings (SSSR count). The number of benzene rings is 1. The van der Waals surface area contributed by atoms with E-state index in [2.05, 4.69) is 15.9 Å². The van der Waals surface area contributed by atoms with Crippen molar-refractivity contribution in [2.75, 3.05) is 6.61 Å². The molecule has 1 aromatic carbocycles. The van der Waals surface area contributed by atoms with E-state index in [4.69, 9.17) is 9.47 Å². The Hall–Kier alpha value is -0.970. The summed E-state index contributed by atoms with van der Waals surface area (Å²) in [6.07, 6.45) is 2.59. The molecule has 1 heterocycles. The predicted octanol–water partition coefficient (Wildman–Crippen LogP) is 3.01. The van der Waals surface area contributed by atoms with Crippen molar-refractivity contribution in [3.8, 4) is 0 Å². The van der Waals surface area contributed by atoms with Gasteiger partial charge in [0.05, 0.1) is 6.61 Å². The first-order chi connectivity index (χ1) is 9.08. The Labute approximate surface area is 120 Å². The van der Waals surface area contributed by atoms with Crippen molar-refractivity contribution in [2.45, 2.75) is 23.6 Å². The van der Waals surface area contributed by atoms with Crippen LogP contribution in [0.3, 0.4) is 0 Å². The number of hydrogen-bond acceptors (Lipinski definition) is 3. The normalized spacial score (nSPS) is 38.0. The number of hydrogen-bond donors (Lipinski definition) is 0. The van der Waals surface area contributed by atoms with Gasteiger partial charge >= 0.3 is 0 Å². The first kappa shape index (κ1) is 13.0. The first-order valence-corrected chi connectivity index (χ1v) is 7.11. The molecule has 100 valence electrons. The summed E-state index contributed by atoms with van der Waals surface area (Å²) in [5, 5.41) is 0. The molecular weight excluding hydrogens is 308 g/mol. The summed E-state index contributed by atoms with van der Waals surface area (Å²) in [4.78, 5) is 12.0. The number of alkyl halides is 1. The third-order valence-electron chi connectivity index (χ3n) is 3.71. The van der Waals surface area contributed by atoms with E-state index >= 15 is 0 Å². The van der Waals surface area contributed by atoms with Gasteiger partial charge in [-0.3, -0.25) is 4.79 Å². The number of carbonyl (C=O) groups is 1. The maximum Gasteiger partial charge on any atom is 0.184 e. The van der Waals surface area contributed by atoms with E-state index in [9.17, 15) is 4.79 Å². The van der Waals surface area contributed by atoms with E-state index in [0.29, 0.717) is 6.61 Å². The molecule has 19 heavy (non-hydrogen) atoms. The molecule has 2 aliphatic rings. The highest BCUT2D eigenvalue weighted by atomic mass is 79.9. The highest BCUT2D eigenvalue weighted by Crippen LogP contribution is 2.42. The van der Waals surface area contributed by atoms with E-state index in [1.54, 1.807) is 6.08 Å². The second kappa shape index (κ2) is 4.85. The fourth-order valence-corrected chi connectivity index (χ4v) is 3.02. The molecule has 1 aromatic rings. The highest BCUT2D eigenvalue weighted by Gasteiger charge is 2.46. The van der Waals surface area contributed by atoms with E-state index in [0.717, 1.165) is 5.56 Å². The molecule has 4 heteroatoms. The van der Waals surface area contributed by atoms with Crippen molar-refractivity contribution >= 4 is 21.7 Å². The molecule has 0 N–H and O–H groups in total. The molecule has 0 aromatic heterocycles. The van der Waals surface area contributed by atoms with Crippen LogP contribution in [-0.2, 0) is 14.3 Å².